The quantitative estimate of drug-likeness (QED) is 0.590. The highest BCUT2D eigenvalue weighted by Gasteiger charge is 2.00. The Labute approximate surface area is 64.3 Å². The van der Waals surface area contributed by atoms with Crippen molar-refractivity contribution in [2.24, 2.45) is 0 Å². The number of aromatic nitrogens is 3. The van der Waals surface area contributed by atoms with Gasteiger partial charge in [0.1, 0.15) is 0 Å². The molecule has 0 unspecified atom stereocenters. The number of nitrogens with one attached hydrogen (secondary N) is 1. The highest BCUT2D eigenvalue weighted by Crippen LogP contribution is 1.88. The van der Waals surface area contributed by atoms with Gasteiger partial charge in [-0.25, -0.2) is 4.57 Å². The molecule has 0 aromatic carbocycles. The van der Waals surface area contributed by atoms with Crippen molar-refractivity contribution < 1.29 is 4.57 Å². The maximum Gasteiger partial charge on any atom is 0.305 e. The van der Waals surface area contributed by atoms with E-state index in [1.807, 2.05) is 41.2 Å². The first-order chi connectivity index (χ1) is 5.47. The average molecular weight is 146 g/mol. The van der Waals surface area contributed by atoms with Crippen LogP contribution in [0.3, 0.4) is 0 Å². The van der Waals surface area contributed by atoms with Gasteiger partial charge in [0.25, 0.3) is 0 Å². The van der Waals surface area contributed by atoms with Crippen LogP contribution in [0.1, 0.15) is 0 Å². The molecule has 3 heteroatoms. The van der Waals surface area contributed by atoms with E-state index in [0.29, 0.717) is 0 Å². The maximum atomic E-state index is 3.85. The molecule has 2 heterocycles. The molecular weight excluding hydrogens is 138 g/mol. The van der Waals surface area contributed by atoms with Gasteiger partial charge in [-0.15, -0.1) is 5.10 Å². The second-order valence-corrected chi connectivity index (χ2v) is 2.22. The monoisotopic (exact) mass is 146 g/mol. The third-order valence-corrected chi connectivity index (χ3v) is 1.48. The molecule has 2 rings (SSSR count). The van der Waals surface area contributed by atoms with Gasteiger partial charge in [-0.05, 0) is 12.1 Å². The fourth-order valence-electron chi connectivity index (χ4n) is 0.952. The number of nitrogens with zero attached hydrogens (tertiary/aromatic N) is 2. The molecule has 0 fully saturated rings. The van der Waals surface area contributed by atoms with E-state index in [-0.39, 0.29) is 0 Å². The minimum atomic E-state index is 0.977. The van der Waals surface area contributed by atoms with Crippen LogP contribution in [0.4, 0.5) is 0 Å². The fraction of sp³-hybridized carbons (Fsp3) is 0. The Balaban J connectivity index is 2.46. The van der Waals surface area contributed by atoms with Crippen molar-refractivity contribution in [3.05, 3.63) is 42.9 Å². The molecule has 0 atom stereocenters. The van der Waals surface area contributed by atoms with Crippen molar-refractivity contribution in [3.8, 4) is 5.82 Å². The van der Waals surface area contributed by atoms with Crippen LogP contribution >= 0.6 is 0 Å². The van der Waals surface area contributed by atoms with Gasteiger partial charge in [0.2, 0.25) is 0 Å². The van der Waals surface area contributed by atoms with Crippen LogP contribution in [0, 0.1) is 0 Å². The molecule has 0 amide bonds. The highest BCUT2D eigenvalue weighted by molar-refractivity contribution is 5.05. The summed E-state index contributed by atoms with van der Waals surface area (Å²) in [5.74, 6) is 0.977. The topological polar surface area (TPSA) is 32.6 Å². The van der Waals surface area contributed by atoms with E-state index < -0.39 is 0 Å². The molecule has 0 saturated heterocycles. The van der Waals surface area contributed by atoms with Gasteiger partial charge in [0, 0.05) is 0 Å². The minimum absolute atomic E-state index is 0.977. The first-order valence-corrected chi connectivity index (χ1v) is 3.43. The summed E-state index contributed by atoms with van der Waals surface area (Å²) in [6.45, 7) is 0. The lowest BCUT2D eigenvalue weighted by molar-refractivity contribution is -0.599. The first-order valence-electron chi connectivity index (χ1n) is 3.43. The largest absolute Gasteiger partial charge is 0.305 e. The van der Waals surface area contributed by atoms with Gasteiger partial charge < -0.3 is 0 Å². The molecule has 0 aliphatic rings. The number of hydrogen-bond acceptors (Lipinski definition) is 1. The van der Waals surface area contributed by atoms with E-state index in [1.54, 1.807) is 6.20 Å². The number of pyridine rings is 1. The lowest BCUT2D eigenvalue weighted by Crippen LogP contribution is -2.29. The van der Waals surface area contributed by atoms with Crippen molar-refractivity contribution in [3.63, 3.8) is 0 Å². The fourth-order valence-corrected chi connectivity index (χ4v) is 0.952. The van der Waals surface area contributed by atoms with Crippen molar-refractivity contribution in [1.29, 1.82) is 0 Å². The molecule has 2 aromatic heterocycles. The summed E-state index contributed by atoms with van der Waals surface area (Å²) in [5, 5.41) is 6.72. The Morgan fingerprint density at radius 2 is 2.00 bits per heavy atom. The van der Waals surface area contributed by atoms with Crippen molar-refractivity contribution >= 4 is 0 Å². The van der Waals surface area contributed by atoms with E-state index in [9.17, 15) is 0 Å². The van der Waals surface area contributed by atoms with Crippen LogP contribution < -0.4 is 4.57 Å². The predicted molar refractivity (Wildman–Crippen MR) is 40.1 cm³/mol. The zero-order chi connectivity index (χ0) is 7.52. The Morgan fingerprint density at radius 3 is 2.64 bits per heavy atom. The molecule has 11 heavy (non-hydrogen) atoms. The maximum absolute atomic E-state index is 3.85. The smallest absolute Gasteiger partial charge is 0.205 e. The molecule has 0 aliphatic heterocycles. The third-order valence-electron chi connectivity index (χ3n) is 1.48. The van der Waals surface area contributed by atoms with Crippen molar-refractivity contribution in [2.75, 3.05) is 0 Å². The van der Waals surface area contributed by atoms with Crippen LogP contribution in [-0.2, 0) is 0 Å². The zero-order valence-electron chi connectivity index (χ0n) is 5.94. The van der Waals surface area contributed by atoms with Gasteiger partial charge in [-0.1, -0.05) is 11.2 Å². The minimum Gasteiger partial charge on any atom is -0.205 e. The molecule has 3 nitrogen and oxygen atoms in total. The molecule has 0 saturated carbocycles. The summed E-state index contributed by atoms with van der Waals surface area (Å²) in [4.78, 5) is 0. The van der Waals surface area contributed by atoms with Crippen LogP contribution in [0.5, 0.6) is 0 Å². The normalized spacial score (nSPS) is 9.82. The lowest BCUT2D eigenvalue weighted by atomic mass is 10.5. The van der Waals surface area contributed by atoms with Gasteiger partial charge in [0.15, 0.2) is 0 Å². The Morgan fingerprint density at radius 1 is 1.18 bits per heavy atom. The number of H-pyrrole nitrogens is 1. The third kappa shape index (κ3) is 1.12. The molecule has 0 aliphatic carbocycles. The van der Waals surface area contributed by atoms with Crippen LogP contribution in [0.15, 0.2) is 42.9 Å². The first kappa shape index (κ1) is 6.09. The highest BCUT2D eigenvalue weighted by atomic mass is 15.2. The molecule has 0 radical (unpaired) electrons. The Hall–Kier alpha value is -1.64. The summed E-state index contributed by atoms with van der Waals surface area (Å²) in [5.41, 5.74) is 0. The van der Waals surface area contributed by atoms with Gasteiger partial charge in [-0.2, -0.15) is 0 Å². The molecule has 0 spiro atoms. The van der Waals surface area contributed by atoms with Crippen molar-refractivity contribution in [1.82, 2.24) is 10.2 Å². The Bertz CT molecular complexity index is 312. The number of aromatic amines is 1. The second kappa shape index (κ2) is 2.54. The van der Waals surface area contributed by atoms with Crippen LogP contribution in [-0.4, -0.2) is 10.2 Å². The number of hydrogen-bond donors (Lipinski definition) is 1. The van der Waals surface area contributed by atoms with E-state index in [2.05, 4.69) is 10.2 Å². The van der Waals surface area contributed by atoms with Gasteiger partial charge >= 0.3 is 5.82 Å². The van der Waals surface area contributed by atoms with Crippen LogP contribution in [0.25, 0.3) is 5.82 Å². The Kier molecular flexibility index (Phi) is 1.41. The summed E-state index contributed by atoms with van der Waals surface area (Å²) in [6.07, 6.45) is 5.66. The second-order valence-electron chi connectivity index (χ2n) is 2.22. The van der Waals surface area contributed by atoms with E-state index in [0.717, 1.165) is 5.82 Å². The molecule has 0 bridgehead atoms. The van der Waals surface area contributed by atoms with E-state index in [1.165, 1.54) is 0 Å². The summed E-state index contributed by atoms with van der Waals surface area (Å²) >= 11 is 0. The predicted octanol–water partition coefficient (Wildman–Crippen LogP) is 0.686. The van der Waals surface area contributed by atoms with E-state index >= 15 is 0 Å². The summed E-state index contributed by atoms with van der Waals surface area (Å²) in [7, 11) is 0. The summed E-state index contributed by atoms with van der Waals surface area (Å²) in [6, 6.07) is 7.84. The lowest BCUT2D eigenvalue weighted by Gasteiger charge is -1.89. The van der Waals surface area contributed by atoms with Crippen LogP contribution in [0.2, 0.25) is 0 Å². The molecule has 1 N–H and O–H groups in total. The summed E-state index contributed by atoms with van der Waals surface area (Å²) < 4.78 is 1.97. The van der Waals surface area contributed by atoms with E-state index in [4.69, 9.17) is 0 Å². The van der Waals surface area contributed by atoms with Gasteiger partial charge in [-0.3, -0.25) is 0 Å². The standard InChI is InChI=1S/C8H8N3/c1-2-6-11(7-3-1)8-4-5-9-10-8/h1-7H,(H,9,10)/q+1. The molecular formula is C8H8N3+. The molecule has 54 valence electrons. The van der Waals surface area contributed by atoms with Crippen molar-refractivity contribution in [2.45, 2.75) is 0 Å². The SMILES string of the molecule is c1cc[n+](-c2ccn[nH]2)cc1. The zero-order valence-corrected chi connectivity index (χ0v) is 5.94. The average Bonchev–Trinajstić information content (AvgIpc) is 2.58. The number of rotatable bonds is 1. The molecule has 2 aromatic rings. The van der Waals surface area contributed by atoms with Gasteiger partial charge in [0.05, 0.1) is 24.7 Å².